The van der Waals surface area contributed by atoms with Gasteiger partial charge in [0.15, 0.2) is 5.17 Å². The fraction of sp³-hybridized carbons (Fsp3) is 0.0455. The Hall–Kier alpha value is -2.87. The highest BCUT2D eigenvalue weighted by Crippen LogP contribution is 2.36. The number of carbonyl (C=O) groups excluding carboxylic acids is 1. The zero-order chi connectivity index (χ0) is 21.8. The number of amidine groups is 1. The van der Waals surface area contributed by atoms with Crippen LogP contribution in [0.2, 0.25) is 10.0 Å². The molecular weight excluding hydrogens is 460 g/mol. The Morgan fingerprint density at radius 1 is 1.10 bits per heavy atom. The van der Waals surface area contributed by atoms with Gasteiger partial charge < -0.3 is 4.42 Å². The molecule has 31 heavy (non-hydrogen) atoms. The summed E-state index contributed by atoms with van der Waals surface area (Å²) in [6, 6.07) is 14.6. The van der Waals surface area contributed by atoms with Gasteiger partial charge in [-0.15, -0.1) is 5.10 Å². The van der Waals surface area contributed by atoms with Crippen molar-refractivity contribution in [3.63, 3.8) is 0 Å². The largest absolute Gasteiger partial charge is 0.467 e. The highest BCUT2D eigenvalue weighted by atomic mass is 35.5. The molecule has 1 aliphatic heterocycles. The number of hydrogen-bond acceptors (Lipinski definition) is 5. The first-order chi connectivity index (χ1) is 15.0. The van der Waals surface area contributed by atoms with E-state index < -0.39 is 0 Å². The summed E-state index contributed by atoms with van der Waals surface area (Å²) in [4.78, 5) is 14.9. The Balaban J connectivity index is 1.64. The summed E-state index contributed by atoms with van der Waals surface area (Å²) in [5.41, 5.74) is 1.30. The molecule has 5 nitrogen and oxygen atoms in total. The van der Waals surface area contributed by atoms with Crippen LogP contribution in [0, 0.1) is 5.82 Å². The highest BCUT2D eigenvalue weighted by molar-refractivity contribution is 8.18. The van der Waals surface area contributed by atoms with E-state index in [0.717, 1.165) is 0 Å². The lowest BCUT2D eigenvalue weighted by Gasteiger charge is -2.12. The molecule has 2 heterocycles. The number of carbonyl (C=O) groups is 1. The molecule has 1 aliphatic rings. The fourth-order valence-electron chi connectivity index (χ4n) is 2.75. The first-order valence-electron chi connectivity index (χ1n) is 9.05. The van der Waals surface area contributed by atoms with Gasteiger partial charge in [0.2, 0.25) is 0 Å². The SMILES string of the molecule is O=C1/C(=C/c2cccc(Cl)c2Cl)S/C(=N/N=C\c2ccc(F)cc2)N1Cc1ccco1. The second-order valence-corrected chi connectivity index (χ2v) is 8.20. The number of hydrogen-bond donors (Lipinski definition) is 0. The average Bonchev–Trinajstić information content (AvgIpc) is 3.37. The smallest absolute Gasteiger partial charge is 0.267 e. The Morgan fingerprint density at radius 3 is 2.65 bits per heavy atom. The van der Waals surface area contributed by atoms with E-state index in [1.54, 1.807) is 48.5 Å². The number of thioether (sulfide) groups is 1. The van der Waals surface area contributed by atoms with E-state index in [-0.39, 0.29) is 18.3 Å². The summed E-state index contributed by atoms with van der Waals surface area (Å²) in [5, 5.41) is 9.41. The van der Waals surface area contributed by atoms with Gasteiger partial charge in [0.05, 0.1) is 34.0 Å². The van der Waals surface area contributed by atoms with Crippen LogP contribution in [0.3, 0.4) is 0 Å². The molecular formula is C22H14Cl2FN3O2S. The first kappa shape index (κ1) is 21.4. The molecule has 0 bridgehead atoms. The zero-order valence-corrected chi connectivity index (χ0v) is 18.2. The van der Waals surface area contributed by atoms with E-state index in [2.05, 4.69) is 10.2 Å². The lowest BCUT2D eigenvalue weighted by Crippen LogP contribution is -2.28. The minimum absolute atomic E-state index is 0.199. The molecule has 3 aromatic rings. The Morgan fingerprint density at radius 2 is 1.90 bits per heavy atom. The molecule has 0 saturated carbocycles. The van der Waals surface area contributed by atoms with Crippen molar-refractivity contribution < 1.29 is 13.6 Å². The molecule has 1 aromatic heterocycles. The van der Waals surface area contributed by atoms with Crippen molar-refractivity contribution in [2.24, 2.45) is 10.2 Å². The molecule has 1 fully saturated rings. The van der Waals surface area contributed by atoms with E-state index >= 15 is 0 Å². The van der Waals surface area contributed by atoms with E-state index in [1.807, 2.05) is 0 Å². The van der Waals surface area contributed by atoms with Crippen LogP contribution in [0.5, 0.6) is 0 Å². The fourth-order valence-corrected chi connectivity index (χ4v) is 4.04. The number of furan rings is 1. The molecule has 1 saturated heterocycles. The van der Waals surface area contributed by atoms with Crippen LogP contribution in [0.15, 0.2) is 80.4 Å². The molecule has 0 radical (unpaired) electrons. The van der Waals surface area contributed by atoms with Crippen LogP contribution in [0.4, 0.5) is 4.39 Å². The highest BCUT2D eigenvalue weighted by Gasteiger charge is 2.34. The van der Waals surface area contributed by atoms with Crippen molar-refractivity contribution in [1.82, 2.24) is 4.90 Å². The predicted molar refractivity (Wildman–Crippen MR) is 123 cm³/mol. The van der Waals surface area contributed by atoms with E-state index in [4.69, 9.17) is 27.6 Å². The number of nitrogens with zero attached hydrogens (tertiary/aromatic N) is 3. The van der Waals surface area contributed by atoms with Crippen molar-refractivity contribution in [3.8, 4) is 0 Å². The van der Waals surface area contributed by atoms with Crippen molar-refractivity contribution in [2.45, 2.75) is 6.54 Å². The summed E-state index contributed by atoms with van der Waals surface area (Å²) < 4.78 is 18.4. The second-order valence-electron chi connectivity index (χ2n) is 6.40. The van der Waals surface area contributed by atoms with Gasteiger partial charge in [0.1, 0.15) is 11.6 Å². The molecule has 156 valence electrons. The van der Waals surface area contributed by atoms with Gasteiger partial charge in [0, 0.05) is 0 Å². The van der Waals surface area contributed by atoms with Gasteiger partial charge in [0.25, 0.3) is 5.91 Å². The van der Waals surface area contributed by atoms with Gasteiger partial charge in [-0.3, -0.25) is 9.69 Å². The summed E-state index contributed by atoms with van der Waals surface area (Å²) in [6.45, 7) is 0.199. The number of halogens is 3. The van der Waals surface area contributed by atoms with Gasteiger partial charge in [-0.25, -0.2) is 4.39 Å². The van der Waals surface area contributed by atoms with Crippen molar-refractivity contribution in [2.75, 3.05) is 0 Å². The summed E-state index contributed by atoms with van der Waals surface area (Å²) >= 11 is 13.5. The molecule has 4 rings (SSSR count). The molecule has 2 aromatic carbocycles. The maximum absolute atomic E-state index is 13.1. The number of amides is 1. The van der Waals surface area contributed by atoms with E-state index in [0.29, 0.717) is 37.0 Å². The molecule has 0 N–H and O–H groups in total. The Bertz CT molecular complexity index is 1190. The lowest BCUT2D eigenvalue weighted by molar-refractivity contribution is -0.122. The maximum Gasteiger partial charge on any atom is 0.267 e. The summed E-state index contributed by atoms with van der Waals surface area (Å²) in [6.07, 6.45) is 4.69. The number of rotatable bonds is 5. The van der Waals surface area contributed by atoms with E-state index in [9.17, 15) is 9.18 Å². The van der Waals surface area contributed by atoms with Gasteiger partial charge in [-0.2, -0.15) is 5.10 Å². The van der Waals surface area contributed by atoms with Crippen LogP contribution in [-0.2, 0) is 11.3 Å². The molecule has 0 aliphatic carbocycles. The monoisotopic (exact) mass is 473 g/mol. The third kappa shape index (κ3) is 5.07. The van der Waals surface area contributed by atoms with Crippen molar-refractivity contribution in [1.29, 1.82) is 0 Å². The summed E-state index contributed by atoms with van der Waals surface area (Å²) in [5.74, 6) is 0.0128. The van der Waals surface area contributed by atoms with Gasteiger partial charge in [-0.1, -0.05) is 47.5 Å². The third-order valence-corrected chi connectivity index (χ3v) is 6.10. The second kappa shape index (κ2) is 9.51. The average molecular weight is 474 g/mol. The first-order valence-corrected chi connectivity index (χ1v) is 10.6. The van der Waals surface area contributed by atoms with Gasteiger partial charge in [-0.05, 0) is 59.3 Å². The van der Waals surface area contributed by atoms with Crippen molar-refractivity contribution >= 4 is 58.3 Å². The third-order valence-electron chi connectivity index (χ3n) is 4.27. The standard InChI is InChI=1S/C22H14Cl2FN3O2S/c23-18-5-1-3-15(20(18)24)11-19-21(29)28(13-17-4-2-10-30-17)22(31-19)27-26-12-14-6-8-16(25)9-7-14/h1-12H,13H2/b19-11-,26-12-,27-22+. The Kier molecular flexibility index (Phi) is 6.56. The minimum atomic E-state index is -0.334. The minimum Gasteiger partial charge on any atom is -0.467 e. The normalized spacial score (nSPS) is 16.9. The van der Waals surface area contributed by atoms with Crippen molar-refractivity contribution in [3.05, 3.63) is 98.5 Å². The van der Waals surface area contributed by atoms with Crippen LogP contribution < -0.4 is 0 Å². The van der Waals surface area contributed by atoms with Crippen LogP contribution >= 0.6 is 35.0 Å². The quantitative estimate of drug-likeness (QED) is 0.250. The van der Waals surface area contributed by atoms with Crippen LogP contribution in [0.1, 0.15) is 16.9 Å². The molecule has 0 atom stereocenters. The molecule has 1 amide bonds. The van der Waals surface area contributed by atoms with Crippen LogP contribution in [0.25, 0.3) is 6.08 Å². The zero-order valence-electron chi connectivity index (χ0n) is 15.8. The molecule has 0 unspecified atom stereocenters. The molecule has 0 spiro atoms. The van der Waals surface area contributed by atoms with Gasteiger partial charge >= 0.3 is 0 Å². The predicted octanol–water partition coefficient (Wildman–Crippen LogP) is 6.23. The number of benzene rings is 2. The Labute approximate surface area is 191 Å². The molecule has 9 heteroatoms. The topological polar surface area (TPSA) is 58.2 Å². The van der Waals surface area contributed by atoms with E-state index in [1.165, 1.54) is 41.3 Å². The lowest BCUT2D eigenvalue weighted by atomic mass is 10.2. The van der Waals surface area contributed by atoms with Crippen LogP contribution in [-0.4, -0.2) is 22.2 Å². The summed E-state index contributed by atoms with van der Waals surface area (Å²) in [7, 11) is 0. The maximum atomic E-state index is 13.1.